The van der Waals surface area contributed by atoms with E-state index in [1.54, 1.807) is 14.2 Å². The van der Waals surface area contributed by atoms with Crippen LogP contribution in [0.25, 0.3) is 0 Å². The third-order valence-electron chi connectivity index (χ3n) is 3.04. The van der Waals surface area contributed by atoms with Crippen molar-refractivity contribution in [1.29, 1.82) is 0 Å². The Bertz CT molecular complexity index is 421. The molecule has 0 aliphatic carbocycles. The summed E-state index contributed by atoms with van der Waals surface area (Å²) in [5.41, 5.74) is 7.03. The summed E-state index contributed by atoms with van der Waals surface area (Å²) in [5, 5.41) is 3.11. The molecule has 0 aliphatic rings. The van der Waals surface area contributed by atoms with Gasteiger partial charge in [0.15, 0.2) is 5.96 Å². The molecule has 0 unspecified atom stereocenters. The number of benzene rings is 1. The lowest BCUT2D eigenvalue weighted by Crippen LogP contribution is -2.33. The highest BCUT2D eigenvalue weighted by Crippen LogP contribution is 2.11. The van der Waals surface area contributed by atoms with Gasteiger partial charge in [0.1, 0.15) is 5.75 Å². The van der Waals surface area contributed by atoms with Crippen LogP contribution in [0.1, 0.15) is 12.0 Å². The summed E-state index contributed by atoms with van der Waals surface area (Å²) in [6, 6.07) is 8.00. The van der Waals surface area contributed by atoms with Crippen LogP contribution >= 0.6 is 0 Å². The Balaban J connectivity index is 2.08. The van der Waals surface area contributed by atoms with E-state index in [4.69, 9.17) is 19.9 Å². The summed E-state index contributed by atoms with van der Waals surface area (Å²) >= 11 is 0. The zero-order chi connectivity index (χ0) is 16.0. The van der Waals surface area contributed by atoms with Crippen molar-refractivity contribution in [2.24, 2.45) is 10.7 Å². The number of methoxy groups -OCH3 is 2. The Hall–Kier alpha value is -1.79. The number of aliphatic imine (C=N–C) groups is 1. The number of hydrogen-bond donors (Lipinski definition) is 2. The molecule has 6 heteroatoms. The molecular formula is C16H27N3O3. The second-order valence-corrected chi connectivity index (χ2v) is 4.75. The Morgan fingerprint density at radius 2 is 1.91 bits per heavy atom. The molecule has 0 heterocycles. The van der Waals surface area contributed by atoms with Gasteiger partial charge in [-0.2, -0.15) is 0 Å². The van der Waals surface area contributed by atoms with Gasteiger partial charge in [0.05, 0.1) is 20.3 Å². The van der Waals surface area contributed by atoms with Crippen LogP contribution in [0.15, 0.2) is 29.3 Å². The summed E-state index contributed by atoms with van der Waals surface area (Å²) < 4.78 is 15.4. The first-order valence-corrected chi connectivity index (χ1v) is 7.49. The van der Waals surface area contributed by atoms with Gasteiger partial charge in [0, 0.05) is 26.8 Å². The van der Waals surface area contributed by atoms with Crippen molar-refractivity contribution in [2.75, 3.05) is 47.1 Å². The minimum absolute atomic E-state index is 0.477. The average molecular weight is 309 g/mol. The minimum atomic E-state index is 0.477. The van der Waals surface area contributed by atoms with Crippen molar-refractivity contribution >= 4 is 5.96 Å². The fraction of sp³-hybridized carbons (Fsp3) is 0.562. The van der Waals surface area contributed by atoms with Crippen LogP contribution in [0, 0.1) is 0 Å². The third-order valence-corrected chi connectivity index (χ3v) is 3.04. The van der Waals surface area contributed by atoms with E-state index in [1.807, 2.05) is 24.3 Å². The summed E-state index contributed by atoms with van der Waals surface area (Å²) in [6.45, 7) is 3.33. The lowest BCUT2D eigenvalue weighted by molar-refractivity contribution is 0.0702. The van der Waals surface area contributed by atoms with Crippen LogP contribution in [0.4, 0.5) is 0 Å². The molecule has 3 N–H and O–H groups in total. The molecule has 0 amide bonds. The Kier molecular flexibility index (Phi) is 9.81. The SMILES string of the molecule is COCCOCCCN=C(N)NCCc1ccc(OC)cc1. The van der Waals surface area contributed by atoms with E-state index in [0.29, 0.717) is 32.3 Å². The van der Waals surface area contributed by atoms with E-state index in [2.05, 4.69) is 10.3 Å². The first kappa shape index (κ1) is 18.3. The maximum atomic E-state index is 5.80. The van der Waals surface area contributed by atoms with Crippen LogP contribution in [-0.2, 0) is 15.9 Å². The molecule has 1 aromatic rings. The molecule has 0 bridgehead atoms. The van der Waals surface area contributed by atoms with E-state index >= 15 is 0 Å². The molecule has 0 fully saturated rings. The van der Waals surface area contributed by atoms with Gasteiger partial charge in [-0.25, -0.2) is 0 Å². The smallest absolute Gasteiger partial charge is 0.188 e. The van der Waals surface area contributed by atoms with Gasteiger partial charge in [-0.3, -0.25) is 4.99 Å². The van der Waals surface area contributed by atoms with Gasteiger partial charge in [-0.15, -0.1) is 0 Å². The molecular weight excluding hydrogens is 282 g/mol. The molecule has 0 spiro atoms. The largest absolute Gasteiger partial charge is 0.497 e. The second kappa shape index (κ2) is 11.8. The highest BCUT2D eigenvalue weighted by molar-refractivity contribution is 5.77. The van der Waals surface area contributed by atoms with Gasteiger partial charge >= 0.3 is 0 Å². The van der Waals surface area contributed by atoms with E-state index in [1.165, 1.54) is 5.56 Å². The lowest BCUT2D eigenvalue weighted by Gasteiger charge is -2.07. The van der Waals surface area contributed by atoms with E-state index in [9.17, 15) is 0 Å². The summed E-state index contributed by atoms with van der Waals surface area (Å²) in [4.78, 5) is 4.25. The van der Waals surface area contributed by atoms with Crippen LogP contribution in [-0.4, -0.2) is 53.1 Å². The highest BCUT2D eigenvalue weighted by Gasteiger charge is 1.96. The number of rotatable bonds is 11. The molecule has 0 aromatic heterocycles. The van der Waals surface area contributed by atoms with Gasteiger partial charge in [0.25, 0.3) is 0 Å². The molecule has 22 heavy (non-hydrogen) atoms. The monoisotopic (exact) mass is 309 g/mol. The van der Waals surface area contributed by atoms with Crippen molar-refractivity contribution in [1.82, 2.24) is 5.32 Å². The van der Waals surface area contributed by atoms with Crippen molar-refractivity contribution in [3.05, 3.63) is 29.8 Å². The number of nitrogens with zero attached hydrogens (tertiary/aromatic N) is 1. The predicted octanol–water partition coefficient (Wildman–Crippen LogP) is 1.20. The Labute approximate surface area is 132 Å². The fourth-order valence-corrected chi connectivity index (χ4v) is 1.79. The molecule has 6 nitrogen and oxygen atoms in total. The number of nitrogens with one attached hydrogen (secondary N) is 1. The molecule has 0 aliphatic heterocycles. The van der Waals surface area contributed by atoms with Crippen LogP contribution < -0.4 is 15.8 Å². The molecule has 0 saturated carbocycles. The third kappa shape index (κ3) is 8.49. The molecule has 1 rings (SSSR count). The first-order chi connectivity index (χ1) is 10.8. The fourth-order valence-electron chi connectivity index (χ4n) is 1.79. The standard InChI is InChI=1S/C16H27N3O3/c1-20-12-13-22-11-3-9-18-16(17)19-10-8-14-4-6-15(21-2)7-5-14/h4-7H,3,8-13H2,1-2H3,(H3,17,18,19). The van der Waals surface area contributed by atoms with Crippen molar-refractivity contribution in [3.8, 4) is 5.75 Å². The number of hydrogen-bond acceptors (Lipinski definition) is 4. The molecule has 124 valence electrons. The van der Waals surface area contributed by atoms with Crippen LogP contribution in [0.3, 0.4) is 0 Å². The summed E-state index contributed by atoms with van der Waals surface area (Å²) in [6.07, 6.45) is 1.74. The zero-order valence-electron chi connectivity index (χ0n) is 13.5. The van der Waals surface area contributed by atoms with Crippen LogP contribution in [0.5, 0.6) is 5.75 Å². The van der Waals surface area contributed by atoms with Gasteiger partial charge in [-0.1, -0.05) is 12.1 Å². The van der Waals surface area contributed by atoms with E-state index in [0.717, 1.165) is 25.1 Å². The number of ether oxygens (including phenoxy) is 3. The van der Waals surface area contributed by atoms with Gasteiger partial charge in [0.2, 0.25) is 0 Å². The Morgan fingerprint density at radius 3 is 2.59 bits per heavy atom. The van der Waals surface area contributed by atoms with Crippen LogP contribution in [0.2, 0.25) is 0 Å². The molecule has 0 atom stereocenters. The highest BCUT2D eigenvalue weighted by atomic mass is 16.5. The summed E-state index contributed by atoms with van der Waals surface area (Å²) in [7, 11) is 3.32. The Morgan fingerprint density at radius 1 is 1.14 bits per heavy atom. The quantitative estimate of drug-likeness (QED) is 0.365. The second-order valence-electron chi connectivity index (χ2n) is 4.75. The van der Waals surface area contributed by atoms with E-state index in [-0.39, 0.29) is 0 Å². The van der Waals surface area contributed by atoms with Crippen molar-refractivity contribution in [2.45, 2.75) is 12.8 Å². The topological polar surface area (TPSA) is 78.1 Å². The maximum Gasteiger partial charge on any atom is 0.188 e. The predicted molar refractivity (Wildman–Crippen MR) is 88.5 cm³/mol. The average Bonchev–Trinajstić information content (AvgIpc) is 2.54. The van der Waals surface area contributed by atoms with Crippen molar-refractivity contribution in [3.63, 3.8) is 0 Å². The van der Waals surface area contributed by atoms with Gasteiger partial charge < -0.3 is 25.3 Å². The zero-order valence-corrected chi connectivity index (χ0v) is 13.5. The summed E-state index contributed by atoms with van der Waals surface area (Å²) in [5.74, 6) is 1.34. The normalized spacial score (nSPS) is 11.5. The van der Waals surface area contributed by atoms with Gasteiger partial charge in [-0.05, 0) is 30.5 Å². The minimum Gasteiger partial charge on any atom is -0.497 e. The maximum absolute atomic E-state index is 5.80. The first-order valence-electron chi connectivity index (χ1n) is 7.49. The number of guanidine groups is 1. The molecule has 0 saturated heterocycles. The molecule has 1 aromatic carbocycles. The molecule has 0 radical (unpaired) electrons. The lowest BCUT2D eigenvalue weighted by atomic mass is 10.1. The van der Waals surface area contributed by atoms with E-state index < -0.39 is 0 Å². The number of nitrogens with two attached hydrogens (primary N) is 1. The van der Waals surface area contributed by atoms with Crippen molar-refractivity contribution < 1.29 is 14.2 Å².